The van der Waals surface area contributed by atoms with Gasteiger partial charge in [0.15, 0.2) is 5.84 Å². The van der Waals surface area contributed by atoms with E-state index in [1.54, 1.807) is 4.90 Å². The zero-order chi connectivity index (χ0) is 27.3. The maximum Gasteiger partial charge on any atom is 0.348 e. The van der Waals surface area contributed by atoms with Crippen LogP contribution >= 0.6 is 23.4 Å². The average molecular weight is 611 g/mol. The molecule has 2 aromatic carbocycles. The molecule has 10 nitrogen and oxygen atoms in total. The standard InChI is InChI=1S/C24H28BrN4O6PS/c1-24(2,3)21-20(30)19(23(31)29(21)13-14-7-6-8-15(25)11-14)22-26-17-10-9-16(28-37(5,33)34)12-18(17)36(32,27-22)35-4/h6-12,21,28,30H,13H2,1-5H3,(H,26,27,32). The number of hydrogen-bond acceptors (Lipinski definition) is 7. The number of carbonyl (C=O) groups is 1. The Morgan fingerprint density at radius 1 is 1.24 bits per heavy atom. The number of benzene rings is 2. The topological polar surface area (TPSA) is 137 Å². The van der Waals surface area contributed by atoms with Crippen molar-refractivity contribution in [1.29, 1.82) is 0 Å². The number of anilines is 2. The van der Waals surface area contributed by atoms with Gasteiger partial charge >= 0.3 is 7.52 Å². The van der Waals surface area contributed by atoms with E-state index in [1.165, 1.54) is 25.3 Å². The Kier molecular flexibility index (Phi) is 7.09. The maximum absolute atomic E-state index is 13.8. The molecule has 0 aliphatic carbocycles. The average Bonchev–Trinajstić information content (AvgIpc) is 3.02. The van der Waals surface area contributed by atoms with Crippen molar-refractivity contribution in [2.24, 2.45) is 10.2 Å². The highest BCUT2D eigenvalue weighted by molar-refractivity contribution is 9.10. The summed E-state index contributed by atoms with van der Waals surface area (Å²) in [4.78, 5) is 15.3. The highest BCUT2D eigenvalue weighted by Gasteiger charge is 2.48. The number of rotatable bonds is 6. The Hall–Kier alpha value is -2.66. The molecule has 0 saturated heterocycles. The SMILES string of the molecule is COP1(=O)N=C(C2=C(O)C(C(C)(C)C)N(Cc3cccc(Br)c3)C2=O)Nc2ccc(NS(C)(=O)=O)cc21. The summed E-state index contributed by atoms with van der Waals surface area (Å²) < 4.78 is 49.8. The third-order valence-corrected chi connectivity index (χ3v) is 8.98. The molecule has 13 heteroatoms. The van der Waals surface area contributed by atoms with Gasteiger partial charge in [0.25, 0.3) is 5.91 Å². The van der Waals surface area contributed by atoms with Crippen LogP contribution < -0.4 is 15.3 Å². The predicted octanol–water partition coefficient (Wildman–Crippen LogP) is 4.38. The summed E-state index contributed by atoms with van der Waals surface area (Å²) >= 11 is 3.45. The lowest BCUT2D eigenvalue weighted by Gasteiger charge is -2.35. The van der Waals surface area contributed by atoms with Gasteiger partial charge in [-0.2, -0.15) is 4.76 Å². The molecule has 4 rings (SSSR count). The number of aliphatic hydroxyl groups is 1. The lowest BCUT2D eigenvalue weighted by atomic mass is 9.85. The van der Waals surface area contributed by atoms with E-state index in [1.807, 2.05) is 45.0 Å². The first kappa shape index (κ1) is 27.4. The molecule has 1 amide bonds. The third-order valence-electron chi connectivity index (χ3n) is 5.94. The maximum atomic E-state index is 13.8. The lowest BCUT2D eigenvalue weighted by Crippen LogP contribution is -2.43. The van der Waals surface area contributed by atoms with Gasteiger partial charge < -0.3 is 19.8 Å². The van der Waals surface area contributed by atoms with Crippen LogP contribution in [0.4, 0.5) is 11.4 Å². The first-order chi connectivity index (χ1) is 17.1. The van der Waals surface area contributed by atoms with E-state index < -0.39 is 34.9 Å². The number of aliphatic hydroxyl groups excluding tert-OH is 1. The minimum absolute atomic E-state index is 0.0741. The molecule has 0 aromatic heterocycles. The first-order valence-corrected chi connectivity index (χ1v) is 15.5. The van der Waals surface area contributed by atoms with Gasteiger partial charge in [-0.1, -0.05) is 48.8 Å². The molecular weight excluding hydrogens is 583 g/mol. The van der Waals surface area contributed by atoms with Gasteiger partial charge in [-0.15, -0.1) is 0 Å². The van der Waals surface area contributed by atoms with Crippen molar-refractivity contribution in [3.05, 3.63) is 63.8 Å². The van der Waals surface area contributed by atoms with E-state index in [0.29, 0.717) is 5.69 Å². The van der Waals surface area contributed by atoms with Crippen LogP contribution in [0.2, 0.25) is 0 Å². The van der Waals surface area contributed by atoms with Gasteiger partial charge in [0.1, 0.15) is 11.3 Å². The molecule has 0 saturated carbocycles. The zero-order valence-electron chi connectivity index (χ0n) is 20.9. The zero-order valence-corrected chi connectivity index (χ0v) is 24.2. The lowest BCUT2D eigenvalue weighted by molar-refractivity contribution is -0.129. The van der Waals surface area contributed by atoms with Crippen molar-refractivity contribution in [2.75, 3.05) is 23.4 Å². The van der Waals surface area contributed by atoms with Crippen LogP contribution in [0, 0.1) is 5.41 Å². The summed E-state index contributed by atoms with van der Waals surface area (Å²) in [5.74, 6) is -0.722. The van der Waals surface area contributed by atoms with E-state index in [9.17, 15) is 22.9 Å². The van der Waals surface area contributed by atoms with E-state index in [2.05, 4.69) is 30.7 Å². The Morgan fingerprint density at radius 3 is 2.54 bits per heavy atom. The highest BCUT2D eigenvalue weighted by Crippen LogP contribution is 2.52. The second kappa shape index (κ2) is 9.58. The number of nitrogens with one attached hydrogen (secondary N) is 2. The molecule has 0 fully saturated rings. The highest BCUT2D eigenvalue weighted by atomic mass is 79.9. The summed E-state index contributed by atoms with van der Waals surface area (Å²) in [7, 11) is -6.28. The van der Waals surface area contributed by atoms with Crippen LogP contribution in [-0.4, -0.2) is 49.6 Å². The minimum Gasteiger partial charge on any atom is -0.509 e. The Labute approximate surface area is 224 Å². The molecule has 2 aliphatic rings. The van der Waals surface area contributed by atoms with Crippen molar-refractivity contribution in [3.8, 4) is 0 Å². The Morgan fingerprint density at radius 2 is 1.95 bits per heavy atom. The number of amides is 1. The second-order valence-corrected chi connectivity index (χ2v) is 14.7. The largest absolute Gasteiger partial charge is 0.509 e. The van der Waals surface area contributed by atoms with Gasteiger partial charge in [-0.25, -0.2) is 8.42 Å². The van der Waals surface area contributed by atoms with E-state index in [0.717, 1.165) is 16.3 Å². The van der Waals surface area contributed by atoms with Crippen molar-refractivity contribution < 1.29 is 27.4 Å². The van der Waals surface area contributed by atoms with Crippen LogP contribution in [0.3, 0.4) is 0 Å². The van der Waals surface area contributed by atoms with Gasteiger partial charge in [0, 0.05) is 23.8 Å². The summed E-state index contributed by atoms with van der Waals surface area (Å²) in [6.07, 6.45) is 1.00. The normalized spacial score (nSPS) is 22.0. The quantitative estimate of drug-likeness (QED) is 0.413. The predicted molar refractivity (Wildman–Crippen MR) is 148 cm³/mol. The Balaban J connectivity index is 1.77. The molecule has 2 aromatic rings. The number of hydrogen-bond donors (Lipinski definition) is 3. The van der Waals surface area contributed by atoms with Crippen LogP contribution in [0.5, 0.6) is 0 Å². The van der Waals surface area contributed by atoms with Crippen LogP contribution in [0.15, 0.2) is 63.0 Å². The van der Waals surface area contributed by atoms with E-state index in [-0.39, 0.29) is 34.7 Å². The van der Waals surface area contributed by atoms with Crippen molar-refractivity contribution in [2.45, 2.75) is 33.4 Å². The van der Waals surface area contributed by atoms with Gasteiger partial charge in [-0.3, -0.25) is 14.1 Å². The van der Waals surface area contributed by atoms with Gasteiger partial charge in [-0.05, 0) is 41.3 Å². The van der Waals surface area contributed by atoms with E-state index >= 15 is 0 Å². The molecule has 0 radical (unpaired) electrons. The molecule has 0 spiro atoms. The fraction of sp³-hybridized carbons (Fsp3) is 0.333. The number of amidine groups is 1. The molecule has 3 N–H and O–H groups in total. The van der Waals surface area contributed by atoms with Crippen LogP contribution in [-0.2, 0) is 30.5 Å². The van der Waals surface area contributed by atoms with E-state index in [4.69, 9.17) is 4.52 Å². The first-order valence-electron chi connectivity index (χ1n) is 11.3. The minimum atomic E-state index is -3.92. The van der Waals surface area contributed by atoms with Crippen LogP contribution in [0.25, 0.3) is 0 Å². The summed E-state index contributed by atoms with van der Waals surface area (Å²) in [6, 6.07) is 11.2. The van der Waals surface area contributed by atoms with Crippen molar-refractivity contribution in [3.63, 3.8) is 0 Å². The molecule has 198 valence electrons. The molecular formula is C24H28BrN4O6PS. The Bertz CT molecular complexity index is 1500. The van der Waals surface area contributed by atoms with Crippen molar-refractivity contribution in [1.82, 2.24) is 4.90 Å². The molecule has 37 heavy (non-hydrogen) atoms. The third kappa shape index (κ3) is 5.47. The second-order valence-electron chi connectivity index (χ2n) is 9.97. The smallest absolute Gasteiger partial charge is 0.348 e. The molecule has 0 bridgehead atoms. The number of halogens is 1. The fourth-order valence-corrected chi connectivity index (χ4v) is 7.03. The summed E-state index contributed by atoms with van der Waals surface area (Å²) in [6.45, 7) is 5.99. The molecule has 2 heterocycles. The number of nitrogens with zero attached hydrogens (tertiary/aromatic N) is 2. The number of sulfonamides is 1. The molecule has 2 atom stereocenters. The molecule has 2 aliphatic heterocycles. The summed E-state index contributed by atoms with van der Waals surface area (Å²) in [5, 5.41) is 14.5. The number of fused-ring (bicyclic) bond motifs is 1. The van der Waals surface area contributed by atoms with Crippen molar-refractivity contribution >= 4 is 61.9 Å². The monoisotopic (exact) mass is 610 g/mol. The van der Waals surface area contributed by atoms with Crippen LogP contribution in [0.1, 0.15) is 26.3 Å². The number of carbonyl (C=O) groups excluding carboxylic acids is 1. The molecule has 2 unspecified atom stereocenters. The summed E-state index contributed by atoms with van der Waals surface area (Å²) in [5.41, 5.74) is 0.753. The fourth-order valence-electron chi connectivity index (χ4n) is 4.49. The van der Waals surface area contributed by atoms with Gasteiger partial charge in [0.2, 0.25) is 10.0 Å². The van der Waals surface area contributed by atoms with Gasteiger partial charge in [0.05, 0.1) is 23.3 Å².